The third kappa shape index (κ3) is 7.56. The Bertz CT molecular complexity index is 102. The molecule has 0 amide bonds. The molecule has 0 rings (SSSR count). The lowest BCUT2D eigenvalue weighted by atomic mass is 10.3. The van der Waals surface area contributed by atoms with E-state index < -0.39 is 0 Å². The zero-order valence-electron chi connectivity index (χ0n) is 7.65. The molecule has 0 aromatic carbocycles. The standard InChI is InChI=1S/C9H19NO/c1-4-5-6-11-8-9(2)7-10-3/h10H,2,4-8H2,1,3H3. The van der Waals surface area contributed by atoms with Crippen LogP contribution in [0.2, 0.25) is 0 Å². The Kier molecular flexibility index (Phi) is 7.52. The van der Waals surface area contributed by atoms with Crippen molar-refractivity contribution >= 4 is 0 Å². The molecule has 0 radical (unpaired) electrons. The summed E-state index contributed by atoms with van der Waals surface area (Å²) in [6.07, 6.45) is 2.34. The zero-order valence-corrected chi connectivity index (χ0v) is 7.65. The van der Waals surface area contributed by atoms with E-state index in [2.05, 4.69) is 18.8 Å². The zero-order chi connectivity index (χ0) is 8.53. The maximum atomic E-state index is 5.35. The van der Waals surface area contributed by atoms with Gasteiger partial charge in [-0.1, -0.05) is 19.9 Å². The average Bonchev–Trinajstić information content (AvgIpc) is 1.99. The predicted molar refractivity (Wildman–Crippen MR) is 48.8 cm³/mol. The Morgan fingerprint density at radius 2 is 2.27 bits per heavy atom. The van der Waals surface area contributed by atoms with Crippen LogP contribution in [0.3, 0.4) is 0 Å². The van der Waals surface area contributed by atoms with E-state index in [0.717, 1.165) is 25.1 Å². The third-order valence-corrected chi connectivity index (χ3v) is 1.38. The topological polar surface area (TPSA) is 21.3 Å². The highest BCUT2D eigenvalue weighted by Crippen LogP contribution is 1.92. The first kappa shape index (κ1) is 10.7. The van der Waals surface area contributed by atoms with Crippen LogP contribution in [-0.4, -0.2) is 26.8 Å². The largest absolute Gasteiger partial charge is 0.377 e. The molecule has 2 heteroatoms. The predicted octanol–water partition coefficient (Wildman–Crippen LogP) is 1.58. The molecule has 0 saturated carbocycles. The van der Waals surface area contributed by atoms with Gasteiger partial charge >= 0.3 is 0 Å². The van der Waals surface area contributed by atoms with Crippen molar-refractivity contribution in [1.82, 2.24) is 5.32 Å². The third-order valence-electron chi connectivity index (χ3n) is 1.38. The van der Waals surface area contributed by atoms with Crippen LogP contribution in [0, 0.1) is 0 Å². The summed E-state index contributed by atoms with van der Waals surface area (Å²) in [4.78, 5) is 0. The molecule has 0 spiro atoms. The number of unbranched alkanes of at least 4 members (excludes halogenated alkanes) is 1. The normalized spacial score (nSPS) is 10.0. The smallest absolute Gasteiger partial charge is 0.0686 e. The van der Waals surface area contributed by atoms with Crippen molar-refractivity contribution in [3.8, 4) is 0 Å². The van der Waals surface area contributed by atoms with Crippen LogP contribution >= 0.6 is 0 Å². The molecule has 66 valence electrons. The minimum absolute atomic E-state index is 0.695. The quantitative estimate of drug-likeness (QED) is 0.447. The van der Waals surface area contributed by atoms with E-state index in [9.17, 15) is 0 Å². The lowest BCUT2D eigenvalue weighted by Gasteiger charge is -2.05. The molecular formula is C9H19NO. The van der Waals surface area contributed by atoms with Gasteiger partial charge in [-0.2, -0.15) is 0 Å². The Balaban J connectivity index is 3.04. The second-order valence-corrected chi connectivity index (χ2v) is 2.69. The van der Waals surface area contributed by atoms with Gasteiger partial charge in [-0.25, -0.2) is 0 Å². The Hall–Kier alpha value is -0.340. The number of ether oxygens (including phenoxy) is 1. The van der Waals surface area contributed by atoms with E-state index in [1.165, 1.54) is 6.42 Å². The van der Waals surface area contributed by atoms with E-state index >= 15 is 0 Å². The lowest BCUT2D eigenvalue weighted by molar-refractivity contribution is 0.152. The Morgan fingerprint density at radius 3 is 2.82 bits per heavy atom. The van der Waals surface area contributed by atoms with Gasteiger partial charge in [-0.15, -0.1) is 0 Å². The van der Waals surface area contributed by atoms with Crippen molar-refractivity contribution in [2.24, 2.45) is 0 Å². The summed E-state index contributed by atoms with van der Waals surface area (Å²) in [5.74, 6) is 0. The molecule has 0 atom stereocenters. The molecular weight excluding hydrogens is 138 g/mol. The van der Waals surface area contributed by atoms with Crippen molar-refractivity contribution < 1.29 is 4.74 Å². The first-order chi connectivity index (χ1) is 5.31. The van der Waals surface area contributed by atoms with Gasteiger partial charge in [-0.05, 0) is 19.0 Å². The maximum Gasteiger partial charge on any atom is 0.0686 e. The van der Waals surface area contributed by atoms with E-state index in [4.69, 9.17) is 4.74 Å². The fraction of sp³-hybridized carbons (Fsp3) is 0.778. The van der Waals surface area contributed by atoms with Crippen LogP contribution in [-0.2, 0) is 4.74 Å². The Morgan fingerprint density at radius 1 is 1.55 bits per heavy atom. The maximum absolute atomic E-state index is 5.35. The van der Waals surface area contributed by atoms with Gasteiger partial charge in [0, 0.05) is 13.2 Å². The highest BCUT2D eigenvalue weighted by molar-refractivity contribution is 4.96. The molecule has 0 fully saturated rings. The lowest BCUT2D eigenvalue weighted by Crippen LogP contribution is -2.13. The van der Waals surface area contributed by atoms with Crippen LogP contribution in [0.4, 0.5) is 0 Å². The molecule has 0 aliphatic rings. The van der Waals surface area contributed by atoms with Gasteiger partial charge in [-0.3, -0.25) is 0 Å². The number of nitrogens with one attached hydrogen (secondary N) is 1. The molecule has 1 N–H and O–H groups in total. The molecule has 2 nitrogen and oxygen atoms in total. The second-order valence-electron chi connectivity index (χ2n) is 2.69. The molecule has 0 bridgehead atoms. The van der Waals surface area contributed by atoms with Gasteiger partial charge in [0.1, 0.15) is 0 Å². The monoisotopic (exact) mass is 157 g/mol. The molecule has 0 aliphatic heterocycles. The van der Waals surface area contributed by atoms with Crippen molar-refractivity contribution in [3.05, 3.63) is 12.2 Å². The minimum atomic E-state index is 0.695. The number of likely N-dealkylation sites (N-methyl/N-ethyl adjacent to an activating group) is 1. The van der Waals surface area contributed by atoms with Gasteiger partial charge in [0.2, 0.25) is 0 Å². The second kappa shape index (κ2) is 7.76. The van der Waals surface area contributed by atoms with Crippen LogP contribution in [0.15, 0.2) is 12.2 Å². The van der Waals surface area contributed by atoms with Crippen molar-refractivity contribution in [2.45, 2.75) is 19.8 Å². The average molecular weight is 157 g/mol. The van der Waals surface area contributed by atoms with Crippen molar-refractivity contribution in [3.63, 3.8) is 0 Å². The minimum Gasteiger partial charge on any atom is -0.377 e. The van der Waals surface area contributed by atoms with Crippen molar-refractivity contribution in [2.75, 3.05) is 26.8 Å². The highest BCUT2D eigenvalue weighted by atomic mass is 16.5. The van der Waals surface area contributed by atoms with E-state index in [1.54, 1.807) is 0 Å². The molecule has 0 heterocycles. The molecule has 0 aromatic rings. The summed E-state index contributed by atoms with van der Waals surface area (Å²) in [5.41, 5.74) is 1.11. The number of hydrogen-bond donors (Lipinski definition) is 1. The van der Waals surface area contributed by atoms with Gasteiger partial charge < -0.3 is 10.1 Å². The van der Waals surface area contributed by atoms with Gasteiger partial charge in [0.05, 0.1) is 6.61 Å². The first-order valence-electron chi connectivity index (χ1n) is 4.20. The fourth-order valence-electron chi connectivity index (χ4n) is 0.764. The molecule has 11 heavy (non-hydrogen) atoms. The SMILES string of the molecule is C=C(CNC)COCCCC. The number of rotatable bonds is 7. The van der Waals surface area contributed by atoms with Crippen molar-refractivity contribution in [1.29, 1.82) is 0 Å². The Labute approximate surface area is 69.6 Å². The molecule has 0 aliphatic carbocycles. The van der Waals surface area contributed by atoms with Crippen LogP contribution in [0.5, 0.6) is 0 Å². The summed E-state index contributed by atoms with van der Waals surface area (Å²) in [7, 11) is 1.91. The molecule has 0 saturated heterocycles. The molecule has 0 aromatic heterocycles. The fourth-order valence-corrected chi connectivity index (χ4v) is 0.764. The van der Waals surface area contributed by atoms with E-state index in [0.29, 0.717) is 6.61 Å². The van der Waals surface area contributed by atoms with E-state index in [-0.39, 0.29) is 0 Å². The summed E-state index contributed by atoms with van der Waals surface area (Å²) >= 11 is 0. The number of hydrogen-bond acceptors (Lipinski definition) is 2. The first-order valence-corrected chi connectivity index (χ1v) is 4.20. The summed E-state index contributed by atoms with van der Waals surface area (Å²) in [5, 5.41) is 3.03. The van der Waals surface area contributed by atoms with Gasteiger partial charge in [0.25, 0.3) is 0 Å². The summed E-state index contributed by atoms with van der Waals surface area (Å²) in [6.45, 7) is 8.42. The molecule has 0 unspecified atom stereocenters. The highest BCUT2D eigenvalue weighted by Gasteiger charge is 1.91. The van der Waals surface area contributed by atoms with E-state index in [1.807, 2.05) is 7.05 Å². The van der Waals surface area contributed by atoms with Crippen LogP contribution in [0.1, 0.15) is 19.8 Å². The van der Waals surface area contributed by atoms with Crippen LogP contribution < -0.4 is 5.32 Å². The van der Waals surface area contributed by atoms with Crippen LogP contribution in [0.25, 0.3) is 0 Å². The van der Waals surface area contributed by atoms with Gasteiger partial charge in [0.15, 0.2) is 0 Å². The summed E-state index contributed by atoms with van der Waals surface area (Å²) < 4.78 is 5.35. The summed E-state index contributed by atoms with van der Waals surface area (Å²) in [6, 6.07) is 0.